The predicted octanol–water partition coefficient (Wildman–Crippen LogP) is 0.223. The van der Waals surface area contributed by atoms with Gasteiger partial charge in [0.25, 0.3) is 0 Å². The lowest BCUT2D eigenvalue weighted by molar-refractivity contribution is 0.414. The van der Waals surface area contributed by atoms with Crippen molar-refractivity contribution < 1.29 is 0 Å². The van der Waals surface area contributed by atoms with Crippen LogP contribution in [0.2, 0.25) is 5.28 Å². The molecule has 1 saturated heterocycles. The molecule has 1 aromatic heterocycles. The molecule has 1 atom stereocenters. The van der Waals surface area contributed by atoms with Gasteiger partial charge < -0.3 is 16.0 Å². The van der Waals surface area contributed by atoms with Crippen LogP contribution in [0.15, 0.2) is 0 Å². The first-order valence-corrected chi connectivity index (χ1v) is 5.13. The average molecular weight is 229 g/mol. The SMILES string of the molecule is CN1CCC(Nc2nc(N)nc(Cl)n2)C1. The van der Waals surface area contributed by atoms with Crippen LogP contribution in [0.4, 0.5) is 11.9 Å². The van der Waals surface area contributed by atoms with E-state index in [2.05, 4.69) is 32.2 Å². The van der Waals surface area contributed by atoms with E-state index in [1.165, 1.54) is 0 Å². The van der Waals surface area contributed by atoms with Gasteiger partial charge in [0.15, 0.2) is 0 Å². The highest BCUT2D eigenvalue weighted by Gasteiger charge is 2.20. The van der Waals surface area contributed by atoms with Gasteiger partial charge in [-0.05, 0) is 31.6 Å². The van der Waals surface area contributed by atoms with Gasteiger partial charge in [-0.15, -0.1) is 0 Å². The Morgan fingerprint density at radius 3 is 2.87 bits per heavy atom. The Hall–Kier alpha value is -1.14. The first-order chi connectivity index (χ1) is 7.13. The molecule has 3 N–H and O–H groups in total. The topological polar surface area (TPSA) is 80.0 Å². The van der Waals surface area contributed by atoms with Crippen LogP contribution in [0.25, 0.3) is 0 Å². The number of rotatable bonds is 2. The van der Waals surface area contributed by atoms with E-state index in [1.807, 2.05) is 0 Å². The highest BCUT2D eigenvalue weighted by molar-refractivity contribution is 6.28. The van der Waals surface area contributed by atoms with Gasteiger partial charge in [0.1, 0.15) is 0 Å². The summed E-state index contributed by atoms with van der Waals surface area (Å²) in [6.45, 7) is 2.05. The maximum absolute atomic E-state index is 5.67. The minimum atomic E-state index is 0.122. The van der Waals surface area contributed by atoms with E-state index in [9.17, 15) is 0 Å². The number of nitrogens with zero attached hydrogens (tertiary/aromatic N) is 4. The smallest absolute Gasteiger partial charge is 0.229 e. The zero-order valence-corrected chi connectivity index (χ0v) is 9.20. The van der Waals surface area contributed by atoms with Crippen LogP contribution < -0.4 is 11.1 Å². The van der Waals surface area contributed by atoms with Gasteiger partial charge in [-0.25, -0.2) is 0 Å². The van der Waals surface area contributed by atoms with Crippen LogP contribution in [0.5, 0.6) is 0 Å². The molecule has 0 radical (unpaired) electrons. The molecule has 2 rings (SSSR count). The summed E-state index contributed by atoms with van der Waals surface area (Å²) >= 11 is 5.67. The van der Waals surface area contributed by atoms with E-state index >= 15 is 0 Å². The first kappa shape index (κ1) is 10.4. The van der Waals surface area contributed by atoms with Crippen LogP contribution in [0, 0.1) is 0 Å². The molecule has 1 unspecified atom stereocenters. The fourth-order valence-electron chi connectivity index (χ4n) is 1.67. The zero-order valence-electron chi connectivity index (χ0n) is 8.44. The van der Waals surface area contributed by atoms with Gasteiger partial charge in [-0.3, -0.25) is 0 Å². The van der Waals surface area contributed by atoms with Crippen molar-refractivity contribution in [2.45, 2.75) is 12.5 Å². The molecular formula is C8H13ClN6. The summed E-state index contributed by atoms with van der Waals surface area (Å²) in [5, 5.41) is 3.31. The maximum atomic E-state index is 5.67. The number of nitrogens with two attached hydrogens (primary N) is 1. The number of likely N-dealkylation sites (tertiary alicyclic amines) is 1. The van der Waals surface area contributed by atoms with Crippen molar-refractivity contribution in [2.24, 2.45) is 0 Å². The quantitative estimate of drug-likeness (QED) is 0.754. The number of nitrogens with one attached hydrogen (secondary N) is 1. The summed E-state index contributed by atoms with van der Waals surface area (Å²) in [6.07, 6.45) is 1.07. The molecule has 0 aliphatic carbocycles. The minimum absolute atomic E-state index is 0.122. The van der Waals surface area contributed by atoms with E-state index in [0.29, 0.717) is 12.0 Å². The summed E-state index contributed by atoms with van der Waals surface area (Å²) in [7, 11) is 2.08. The molecule has 0 bridgehead atoms. The van der Waals surface area contributed by atoms with Crippen LogP contribution in [0.3, 0.4) is 0 Å². The van der Waals surface area contributed by atoms with E-state index in [4.69, 9.17) is 17.3 Å². The van der Waals surface area contributed by atoms with Crippen LogP contribution >= 0.6 is 11.6 Å². The summed E-state index contributed by atoms with van der Waals surface area (Å²) in [5.74, 6) is 0.594. The second kappa shape index (κ2) is 4.16. The number of likely N-dealkylation sites (N-methyl/N-ethyl adjacent to an activating group) is 1. The van der Waals surface area contributed by atoms with Gasteiger partial charge in [-0.2, -0.15) is 15.0 Å². The monoisotopic (exact) mass is 228 g/mol. The third kappa shape index (κ3) is 2.66. The lowest BCUT2D eigenvalue weighted by Gasteiger charge is -2.12. The van der Waals surface area contributed by atoms with Crippen LogP contribution in [-0.2, 0) is 0 Å². The molecule has 1 aromatic rings. The Kier molecular flexibility index (Phi) is 2.88. The second-order valence-corrected chi connectivity index (χ2v) is 4.02. The van der Waals surface area contributed by atoms with Gasteiger partial charge in [-0.1, -0.05) is 0 Å². The Morgan fingerprint density at radius 2 is 2.27 bits per heavy atom. The summed E-state index contributed by atoms with van der Waals surface area (Å²) in [6, 6.07) is 0.355. The van der Waals surface area contributed by atoms with Gasteiger partial charge >= 0.3 is 0 Å². The number of anilines is 2. The standard InChI is InChI=1S/C8H13ClN6/c1-15-3-2-5(4-15)11-8-13-6(9)12-7(10)14-8/h5H,2-4H2,1H3,(H3,10,11,12,13,14). The summed E-state index contributed by atoms with van der Waals surface area (Å²) < 4.78 is 0. The Balaban J connectivity index is 2.04. The first-order valence-electron chi connectivity index (χ1n) is 4.75. The molecule has 1 fully saturated rings. The number of hydrogen-bond donors (Lipinski definition) is 2. The van der Waals surface area contributed by atoms with Gasteiger partial charge in [0.05, 0.1) is 0 Å². The van der Waals surface area contributed by atoms with Crippen LogP contribution in [0.1, 0.15) is 6.42 Å². The Morgan fingerprint density at radius 1 is 1.47 bits per heavy atom. The molecule has 0 saturated carbocycles. The molecule has 1 aliphatic rings. The lowest BCUT2D eigenvalue weighted by atomic mass is 10.3. The molecule has 0 spiro atoms. The predicted molar refractivity (Wildman–Crippen MR) is 58.8 cm³/mol. The largest absolute Gasteiger partial charge is 0.368 e. The van der Waals surface area contributed by atoms with E-state index in [0.717, 1.165) is 19.5 Å². The molecule has 0 aromatic carbocycles. The maximum Gasteiger partial charge on any atom is 0.229 e. The third-order valence-electron chi connectivity index (χ3n) is 2.35. The highest BCUT2D eigenvalue weighted by Crippen LogP contribution is 2.13. The normalized spacial score (nSPS) is 21.9. The molecular weight excluding hydrogens is 216 g/mol. The molecule has 7 heteroatoms. The fourth-order valence-corrected chi connectivity index (χ4v) is 1.83. The summed E-state index contributed by atoms with van der Waals surface area (Å²) in [4.78, 5) is 13.9. The van der Waals surface area contributed by atoms with Crippen molar-refractivity contribution in [2.75, 3.05) is 31.2 Å². The lowest BCUT2D eigenvalue weighted by Crippen LogP contribution is -2.24. The van der Waals surface area contributed by atoms with E-state index in [1.54, 1.807) is 0 Å². The number of hydrogen-bond acceptors (Lipinski definition) is 6. The Labute approximate surface area is 92.9 Å². The van der Waals surface area contributed by atoms with E-state index in [-0.39, 0.29) is 11.2 Å². The van der Waals surface area contributed by atoms with Crippen LogP contribution in [-0.4, -0.2) is 46.0 Å². The molecule has 15 heavy (non-hydrogen) atoms. The van der Waals surface area contributed by atoms with Crippen molar-refractivity contribution in [3.63, 3.8) is 0 Å². The number of nitrogen functional groups attached to an aromatic ring is 1. The van der Waals surface area contributed by atoms with E-state index < -0.39 is 0 Å². The number of aromatic nitrogens is 3. The molecule has 82 valence electrons. The van der Waals surface area contributed by atoms with Crippen molar-refractivity contribution in [1.29, 1.82) is 0 Å². The van der Waals surface area contributed by atoms with Crippen molar-refractivity contribution in [3.05, 3.63) is 5.28 Å². The van der Waals surface area contributed by atoms with Crippen molar-refractivity contribution in [1.82, 2.24) is 19.9 Å². The summed E-state index contributed by atoms with van der Waals surface area (Å²) in [5.41, 5.74) is 5.46. The Bertz CT molecular complexity index is 337. The zero-order chi connectivity index (χ0) is 10.8. The second-order valence-electron chi connectivity index (χ2n) is 3.68. The highest BCUT2D eigenvalue weighted by atomic mass is 35.5. The fraction of sp³-hybridized carbons (Fsp3) is 0.625. The molecule has 1 aliphatic heterocycles. The van der Waals surface area contributed by atoms with Crippen molar-refractivity contribution in [3.8, 4) is 0 Å². The molecule has 6 nitrogen and oxygen atoms in total. The number of halogens is 1. The molecule has 0 amide bonds. The third-order valence-corrected chi connectivity index (χ3v) is 2.52. The van der Waals surface area contributed by atoms with Gasteiger partial charge in [0.2, 0.25) is 17.2 Å². The van der Waals surface area contributed by atoms with Crippen molar-refractivity contribution >= 4 is 23.5 Å². The van der Waals surface area contributed by atoms with Gasteiger partial charge in [0, 0.05) is 12.6 Å². The minimum Gasteiger partial charge on any atom is -0.368 e. The average Bonchev–Trinajstić information content (AvgIpc) is 2.49. The molecule has 2 heterocycles.